The molecule has 2 heterocycles. The van der Waals surface area contributed by atoms with Crippen LogP contribution in [-0.4, -0.2) is 0 Å². The molecule has 0 radical (unpaired) electrons. The highest BCUT2D eigenvalue weighted by Gasteiger charge is 2.20. The van der Waals surface area contributed by atoms with Crippen molar-refractivity contribution in [1.82, 2.24) is 0 Å². The standard InChI is InChI=1S/C22H12N2/c1-2-6-14-13(5-1)9-10-15-16-11-12-19-20(22(16)24-21(14)15)17-7-3-4-8-18(17)23-19/h1-12H. The number of hydrogen-bond acceptors (Lipinski definition) is 2. The molecule has 0 saturated heterocycles. The monoisotopic (exact) mass is 304 g/mol. The Labute approximate surface area is 137 Å². The number of hydrogen-bond donors (Lipinski definition) is 0. The molecule has 0 aliphatic carbocycles. The van der Waals surface area contributed by atoms with Crippen LogP contribution in [0.4, 0.5) is 11.4 Å². The molecule has 0 spiro atoms. The molecule has 2 heteroatoms. The van der Waals surface area contributed by atoms with Gasteiger partial charge in [-0.25, -0.2) is 9.98 Å². The molecular formula is C22H12N2. The van der Waals surface area contributed by atoms with E-state index < -0.39 is 0 Å². The van der Waals surface area contributed by atoms with Gasteiger partial charge < -0.3 is 0 Å². The minimum atomic E-state index is 1.02. The van der Waals surface area contributed by atoms with E-state index in [4.69, 9.17) is 9.98 Å². The molecule has 2 aliphatic rings. The summed E-state index contributed by atoms with van der Waals surface area (Å²) >= 11 is 0. The van der Waals surface area contributed by atoms with E-state index in [0.717, 1.165) is 22.1 Å². The van der Waals surface area contributed by atoms with Gasteiger partial charge in [-0.15, -0.1) is 0 Å². The first-order valence-corrected chi connectivity index (χ1v) is 8.12. The second-order valence-electron chi connectivity index (χ2n) is 6.28. The van der Waals surface area contributed by atoms with Crippen LogP contribution in [0.5, 0.6) is 0 Å². The zero-order valence-electron chi connectivity index (χ0n) is 12.8. The normalized spacial score (nSPS) is 12.8. The van der Waals surface area contributed by atoms with Gasteiger partial charge in [0.15, 0.2) is 0 Å². The predicted molar refractivity (Wildman–Crippen MR) is 95.1 cm³/mol. The number of para-hydroxylation sites is 1. The minimum Gasteiger partial charge on any atom is -0.248 e. The Bertz CT molecular complexity index is 1400. The summed E-state index contributed by atoms with van der Waals surface area (Å²) in [6.07, 6.45) is 0. The van der Waals surface area contributed by atoms with Crippen molar-refractivity contribution in [1.29, 1.82) is 0 Å². The third-order valence-corrected chi connectivity index (χ3v) is 4.98. The molecule has 0 aromatic heterocycles. The van der Waals surface area contributed by atoms with Gasteiger partial charge >= 0.3 is 0 Å². The van der Waals surface area contributed by atoms with Crippen molar-refractivity contribution in [3.63, 3.8) is 0 Å². The van der Waals surface area contributed by atoms with Gasteiger partial charge in [-0.1, -0.05) is 54.6 Å². The lowest BCUT2D eigenvalue weighted by atomic mass is 10.0. The molecule has 0 unspecified atom stereocenters. The lowest BCUT2D eigenvalue weighted by Crippen LogP contribution is -2.02. The van der Waals surface area contributed by atoms with E-state index in [1.54, 1.807) is 0 Å². The summed E-state index contributed by atoms with van der Waals surface area (Å²) < 4.78 is 0. The van der Waals surface area contributed by atoms with Crippen LogP contribution in [0.15, 0.2) is 82.8 Å². The van der Waals surface area contributed by atoms with Crippen molar-refractivity contribution in [2.24, 2.45) is 9.98 Å². The maximum absolute atomic E-state index is 5.05. The molecule has 0 N–H and O–H groups in total. The zero-order valence-corrected chi connectivity index (χ0v) is 12.8. The third-order valence-electron chi connectivity index (χ3n) is 4.98. The maximum Gasteiger partial charge on any atom is 0.0817 e. The van der Waals surface area contributed by atoms with Gasteiger partial charge in [-0.2, -0.15) is 0 Å². The van der Waals surface area contributed by atoms with Crippen molar-refractivity contribution in [2.45, 2.75) is 0 Å². The van der Waals surface area contributed by atoms with E-state index in [1.165, 1.54) is 32.3 Å². The molecule has 110 valence electrons. The van der Waals surface area contributed by atoms with Crippen molar-refractivity contribution in [3.05, 3.63) is 93.9 Å². The highest BCUT2D eigenvalue weighted by Crippen LogP contribution is 2.39. The average molecular weight is 304 g/mol. The van der Waals surface area contributed by atoms with Crippen LogP contribution in [0, 0.1) is 10.4 Å². The average Bonchev–Trinajstić information content (AvgIpc) is 3.19. The Morgan fingerprint density at radius 1 is 0.625 bits per heavy atom. The molecule has 24 heavy (non-hydrogen) atoms. The number of benzene rings is 4. The van der Waals surface area contributed by atoms with Crippen LogP contribution >= 0.6 is 0 Å². The highest BCUT2D eigenvalue weighted by molar-refractivity contribution is 5.88. The largest absolute Gasteiger partial charge is 0.248 e. The summed E-state index contributed by atoms with van der Waals surface area (Å²) in [5, 5.41) is 6.98. The number of rotatable bonds is 0. The summed E-state index contributed by atoms with van der Waals surface area (Å²) in [6.45, 7) is 0. The molecule has 6 rings (SSSR count). The van der Waals surface area contributed by atoms with Crippen molar-refractivity contribution in [2.75, 3.05) is 0 Å². The molecule has 0 fully saturated rings. The quantitative estimate of drug-likeness (QED) is 0.399. The highest BCUT2D eigenvalue weighted by atomic mass is 14.8. The van der Waals surface area contributed by atoms with Crippen molar-refractivity contribution >= 4 is 22.1 Å². The van der Waals surface area contributed by atoms with Crippen LogP contribution in [0.2, 0.25) is 0 Å². The third kappa shape index (κ3) is 1.41. The van der Waals surface area contributed by atoms with Crippen molar-refractivity contribution in [3.8, 4) is 11.1 Å². The molecular weight excluding hydrogens is 292 g/mol. The topological polar surface area (TPSA) is 24.7 Å². The fourth-order valence-electron chi connectivity index (χ4n) is 3.89. The SMILES string of the molecule is c1ccc2c(c1)N=c1ccc3c(c1-2)N=c1c=3ccc2ccccc12. The van der Waals surface area contributed by atoms with Gasteiger partial charge in [0.1, 0.15) is 0 Å². The Morgan fingerprint density at radius 2 is 1.46 bits per heavy atom. The van der Waals surface area contributed by atoms with Crippen LogP contribution in [0.25, 0.3) is 21.9 Å². The summed E-state index contributed by atoms with van der Waals surface area (Å²) in [4.78, 5) is 9.81. The van der Waals surface area contributed by atoms with E-state index in [1.807, 2.05) is 6.07 Å². The maximum atomic E-state index is 5.05. The first kappa shape index (κ1) is 12.2. The van der Waals surface area contributed by atoms with E-state index >= 15 is 0 Å². The van der Waals surface area contributed by atoms with Gasteiger partial charge in [-0.3, -0.25) is 0 Å². The molecule has 0 saturated carbocycles. The van der Waals surface area contributed by atoms with Crippen LogP contribution < -0.4 is 10.7 Å². The zero-order chi connectivity index (χ0) is 15.7. The number of fused-ring (bicyclic) bond motifs is 8. The molecule has 0 amide bonds. The van der Waals surface area contributed by atoms with Crippen LogP contribution in [-0.2, 0) is 0 Å². The Balaban J connectivity index is 1.84. The number of nitrogens with zero attached hydrogens (tertiary/aromatic N) is 2. The van der Waals surface area contributed by atoms with Gasteiger partial charge in [0.2, 0.25) is 0 Å². The Morgan fingerprint density at radius 3 is 2.46 bits per heavy atom. The molecule has 2 nitrogen and oxygen atoms in total. The molecule has 2 aliphatic heterocycles. The fourth-order valence-corrected chi connectivity index (χ4v) is 3.89. The fraction of sp³-hybridized carbons (Fsp3) is 0. The lowest BCUT2D eigenvalue weighted by molar-refractivity contribution is 1.38. The minimum absolute atomic E-state index is 1.02. The van der Waals surface area contributed by atoms with Gasteiger partial charge in [-0.05, 0) is 23.6 Å². The smallest absolute Gasteiger partial charge is 0.0817 e. The summed E-state index contributed by atoms with van der Waals surface area (Å²) in [7, 11) is 0. The van der Waals surface area contributed by atoms with E-state index in [-0.39, 0.29) is 0 Å². The first-order chi connectivity index (χ1) is 11.9. The van der Waals surface area contributed by atoms with E-state index in [9.17, 15) is 0 Å². The van der Waals surface area contributed by atoms with E-state index in [0.29, 0.717) is 0 Å². The molecule has 0 atom stereocenters. The summed E-state index contributed by atoms with van der Waals surface area (Å²) in [5.74, 6) is 0. The predicted octanol–water partition coefficient (Wildman–Crippen LogP) is 4.32. The van der Waals surface area contributed by atoms with Crippen molar-refractivity contribution < 1.29 is 0 Å². The molecule has 4 aromatic carbocycles. The first-order valence-electron chi connectivity index (χ1n) is 8.12. The van der Waals surface area contributed by atoms with Gasteiger partial charge in [0.25, 0.3) is 0 Å². The van der Waals surface area contributed by atoms with Crippen LogP contribution in [0.1, 0.15) is 0 Å². The Hall–Kier alpha value is -3.26. The molecule has 0 bridgehead atoms. The second kappa shape index (κ2) is 4.18. The Kier molecular flexibility index (Phi) is 2.12. The summed E-state index contributed by atoms with van der Waals surface area (Å²) in [5.41, 5.74) is 4.46. The van der Waals surface area contributed by atoms with Crippen LogP contribution in [0.3, 0.4) is 0 Å². The van der Waals surface area contributed by atoms with Gasteiger partial charge in [0.05, 0.1) is 22.1 Å². The van der Waals surface area contributed by atoms with E-state index in [2.05, 4.69) is 66.7 Å². The van der Waals surface area contributed by atoms with Gasteiger partial charge in [0, 0.05) is 27.0 Å². The second-order valence-corrected chi connectivity index (χ2v) is 6.28. The lowest BCUT2D eigenvalue weighted by Gasteiger charge is -2.01. The summed E-state index contributed by atoms with van der Waals surface area (Å²) in [6, 6.07) is 25.4. The molecule has 4 aromatic rings.